The number of nitrogens with zero attached hydrogens (tertiary/aromatic N) is 4. The van der Waals surface area contributed by atoms with Gasteiger partial charge in [-0.1, -0.05) is 6.07 Å². The molecule has 3 aliphatic rings. The normalized spacial score (nSPS) is 27.0. The van der Waals surface area contributed by atoms with Crippen LogP contribution < -0.4 is 14.2 Å². The predicted octanol–water partition coefficient (Wildman–Crippen LogP) is 0.816. The molecule has 3 aromatic rings. The van der Waals surface area contributed by atoms with Crippen LogP contribution in [0.5, 0.6) is 11.5 Å². The number of tetrazole rings is 1. The highest BCUT2D eigenvalue weighted by atomic mass is 32.2. The number of benzene rings is 1. The number of hydrogen-bond donors (Lipinski definition) is 1. The molecule has 0 bridgehead atoms. The molecule has 0 amide bonds. The second-order valence-corrected chi connectivity index (χ2v) is 10.2. The molecule has 0 saturated carbocycles. The third-order valence-corrected chi connectivity index (χ3v) is 8.42. The number of ether oxygens (including phenoxy) is 4. The van der Waals surface area contributed by atoms with E-state index < -0.39 is 22.2 Å². The predicted molar refractivity (Wildman–Crippen MR) is 106 cm³/mol. The molecule has 2 fully saturated rings. The van der Waals surface area contributed by atoms with Gasteiger partial charge in [0.1, 0.15) is 22.5 Å². The van der Waals surface area contributed by atoms with Crippen LogP contribution in [-0.4, -0.2) is 66.9 Å². The number of rotatable bonds is 5. The van der Waals surface area contributed by atoms with Crippen LogP contribution in [0.25, 0.3) is 11.4 Å². The average molecular weight is 463 g/mol. The van der Waals surface area contributed by atoms with Gasteiger partial charge in [-0.3, -0.25) is 0 Å². The zero-order valence-electron chi connectivity index (χ0n) is 15.9. The third-order valence-electron chi connectivity index (χ3n) is 5.53. The summed E-state index contributed by atoms with van der Waals surface area (Å²) >= 11 is 1.16. The van der Waals surface area contributed by atoms with E-state index in [0.29, 0.717) is 23.9 Å². The van der Waals surface area contributed by atoms with Gasteiger partial charge in [0.25, 0.3) is 0 Å². The molecule has 6 rings (SSSR count). The smallest absolute Gasteiger partial charge is 0.250 e. The zero-order valence-corrected chi connectivity index (χ0v) is 17.6. The van der Waals surface area contributed by atoms with Gasteiger partial charge in [-0.2, -0.15) is 0 Å². The van der Waals surface area contributed by atoms with E-state index in [0.717, 1.165) is 16.9 Å². The van der Waals surface area contributed by atoms with E-state index in [1.807, 2.05) is 18.2 Å². The summed E-state index contributed by atoms with van der Waals surface area (Å²) in [6.45, 7) is 0.688. The van der Waals surface area contributed by atoms with E-state index in [2.05, 4.69) is 20.2 Å². The molecule has 1 aromatic carbocycles. The Morgan fingerprint density at radius 3 is 2.84 bits per heavy atom. The Balaban J connectivity index is 1.24. The monoisotopic (exact) mass is 463 g/mol. The average Bonchev–Trinajstić information content (AvgIpc) is 3.57. The van der Waals surface area contributed by atoms with Crippen LogP contribution >= 0.6 is 11.3 Å². The molecule has 0 aliphatic carbocycles. The largest absolute Gasteiger partial charge is 0.454 e. The molecule has 0 unspecified atom stereocenters. The van der Waals surface area contributed by atoms with Crippen molar-refractivity contribution in [1.82, 2.24) is 24.9 Å². The molecular weight excluding hydrogens is 446 g/mol. The second-order valence-electron chi connectivity index (χ2n) is 7.34. The van der Waals surface area contributed by atoms with E-state index in [1.54, 1.807) is 22.2 Å². The Hall–Kier alpha value is -2.58. The lowest BCUT2D eigenvalue weighted by Crippen LogP contribution is -2.43. The van der Waals surface area contributed by atoms with E-state index >= 15 is 0 Å². The highest BCUT2D eigenvalue weighted by molar-refractivity contribution is 7.91. The van der Waals surface area contributed by atoms with Crippen LogP contribution in [0.3, 0.4) is 0 Å². The zero-order chi connectivity index (χ0) is 21.0. The minimum Gasteiger partial charge on any atom is -0.454 e. The molecule has 0 spiro atoms. The van der Waals surface area contributed by atoms with Crippen molar-refractivity contribution in [2.45, 2.75) is 28.5 Å². The van der Waals surface area contributed by atoms with Crippen molar-refractivity contribution < 1.29 is 27.4 Å². The van der Waals surface area contributed by atoms with Crippen LogP contribution in [0.2, 0.25) is 0 Å². The molecule has 4 atom stereocenters. The Labute approximate surface area is 180 Å². The summed E-state index contributed by atoms with van der Waals surface area (Å²) in [5.74, 6) is 1.85. The van der Waals surface area contributed by atoms with Crippen LogP contribution in [0, 0.1) is 0 Å². The van der Waals surface area contributed by atoms with E-state index in [-0.39, 0.29) is 29.8 Å². The Kier molecular flexibility index (Phi) is 4.47. The van der Waals surface area contributed by atoms with E-state index in [4.69, 9.17) is 18.9 Å². The number of aromatic nitrogens is 4. The van der Waals surface area contributed by atoms with Crippen LogP contribution in [0.4, 0.5) is 0 Å². The third kappa shape index (κ3) is 3.20. The molecule has 31 heavy (non-hydrogen) atoms. The van der Waals surface area contributed by atoms with Crippen molar-refractivity contribution in [1.29, 1.82) is 0 Å². The summed E-state index contributed by atoms with van der Waals surface area (Å²) in [6, 6.07) is 7.97. The fourth-order valence-corrected chi connectivity index (χ4v) is 6.35. The Morgan fingerprint density at radius 2 is 1.97 bits per heavy atom. The Morgan fingerprint density at radius 1 is 1.10 bits per heavy atom. The molecule has 3 aliphatic heterocycles. The number of hydrogen-bond acceptors (Lipinski definition) is 10. The summed E-state index contributed by atoms with van der Waals surface area (Å²) in [4.78, 5) is 0. The number of fused-ring (bicyclic) bond motifs is 2. The van der Waals surface area contributed by atoms with Crippen LogP contribution in [0.1, 0.15) is 6.04 Å². The maximum atomic E-state index is 12.6. The van der Waals surface area contributed by atoms with Gasteiger partial charge in [0.15, 0.2) is 17.3 Å². The van der Waals surface area contributed by atoms with E-state index in [9.17, 15) is 8.42 Å². The maximum absolute atomic E-state index is 12.6. The SMILES string of the molecule is O=S(=O)(N[C@H]1CO[C@H]2[C@@H]1OC[C@@H]2n1nnnc1-c1ccc2c(c1)OCO2)c1cccs1. The van der Waals surface area contributed by atoms with Crippen molar-refractivity contribution in [3.63, 3.8) is 0 Å². The van der Waals surface area contributed by atoms with Gasteiger partial charge < -0.3 is 18.9 Å². The highest BCUT2D eigenvalue weighted by Crippen LogP contribution is 2.39. The molecule has 11 nitrogen and oxygen atoms in total. The first-order valence-electron chi connectivity index (χ1n) is 9.57. The molecule has 2 saturated heterocycles. The van der Waals surface area contributed by atoms with Crippen molar-refractivity contribution in [2.24, 2.45) is 0 Å². The molecular formula is C18H17N5O6S2. The molecule has 1 N–H and O–H groups in total. The van der Waals surface area contributed by atoms with Crippen molar-refractivity contribution in [3.8, 4) is 22.9 Å². The van der Waals surface area contributed by atoms with Gasteiger partial charge >= 0.3 is 0 Å². The summed E-state index contributed by atoms with van der Waals surface area (Å²) in [5, 5.41) is 13.9. The van der Waals surface area contributed by atoms with Crippen molar-refractivity contribution in [2.75, 3.05) is 20.0 Å². The fraction of sp³-hybridized carbons (Fsp3) is 0.389. The number of sulfonamides is 1. The lowest BCUT2D eigenvalue weighted by molar-refractivity contribution is 0.0626. The fourth-order valence-electron chi connectivity index (χ4n) is 4.11. The maximum Gasteiger partial charge on any atom is 0.250 e. The van der Waals surface area contributed by atoms with Crippen molar-refractivity contribution >= 4 is 21.4 Å². The van der Waals surface area contributed by atoms with Gasteiger partial charge in [-0.05, 0) is 40.1 Å². The number of thiophene rings is 1. The van der Waals surface area contributed by atoms with E-state index in [1.165, 1.54) is 0 Å². The molecule has 2 aromatic heterocycles. The second kappa shape index (κ2) is 7.24. The Bertz CT molecular complexity index is 1210. The highest BCUT2D eigenvalue weighted by Gasteiger charge is 2.50. The van der Waals surface area contributed by atoms with Gasteiger partial charge in [-0.15, -0.1) is 16.4 Å². The number of nitrogens with one attached hydrogen (secondary N) is 1. The molecule has 13 heteroatoms. The summed E-state index contributed by atoms with van der Waals surface area (Å²) < 4.78 is 52.6. The molecule has 0 radical (unpaired) electrons. The topological polar surface area (TPSA) is 127 Å². The first-order chi connectivity index (χ1) is 15.1. The lowest BCUT2D eigenvalue weighted by atomic mass is 10.1. The van der Waals surface area contributed by atoms with Crippen molar-refractivity contribution in [3.05, 3.63) is 35.7 Å². The molecule has 5 heterocycles. The first kappa shape index (κ1) is 19.1. The minimum atomic E-state index is -3.63. The first-order valence-corrected chi connectivity index (χ1v) is 11.9. The lowest BCUT2D eigenvalue weighted by Gasteiger charge is -2.18. The quantitative estimate of drug-likeness (QED) is 0.585. The summed E-state index contributed by atoms with van der Waals surface area (Å²) in [6.07, 6.45) is -0.819. The molecule has 162 valence electrons. The van der Waals surface area contributed by atoms with Gasteiger partial charge in [0.05, 0.1) is 19.3 Å². The van der Waals surface area contributed by atoms with Crippen LogP contribution in [-0.2, 0) is 19.5 Å². The van der Waals surface area contributed by atoms with Gasteiger partial charge in [0.2, 0.25) is 16.8 Å². The summed E-state index contributed by atoms with van der Waals surface area (Å²) in [5.41, 5.74) is 0.769. The van der Waals surface area contributed by atoms with Gasteiger partial charge in [-0.25, -0.2) is 17.8 Å². The summed E-state index contributed by atoms with van der Waals surface area (Å²) in [7, 11) is -3.63. The van der Waals surface area contributed by atoms with Gasteiger partial charge in [0, 0.05) is 5.56 Å². The standard InChI is InChI=1S/C18H17N5O6S2/c24-31(25,15-2-1-5-30-15)20-11-7-26-17-12(8-27-16(11)17)23-18(19-21-22-23)10-3-4-13-14(6-10)29-9-28-13/h1-6,11-12,16-17,20H,7-9H2/t11-,12-,16+,17+/m0/s1. The minimum absolute atomic E-state index is 0.181. The van der Waals surface area contributed by atoms with Crippen LogP contribution in [0.15, 0.2) is 39.9 Å².